The Kier molecular flexibility index (Phi) is 2.86. The van der Waals surface area contributed by atoms with Gasteiger partial charge in [-0.2, -0.15) is 0 Å². The van der Waals surface area contributed by atoms with Gasteiger partial charge in [0, 0.05) is 18.6 Å². The molecule has 0 aliphatic carbocycles. The first kappa shape index (κ1) is 11.1. The number of nitrogens with one attached hydrogen (secondary N) is 1. The quantitative estimate of drug-likeness (QED) is 0.698. The molecule has 0 aromatic carbocycles. The molecule has 1 N–H and O–H groups in total. The summed E-state index contributed by atoms with van der Waals surface area (Å²) >= 11 is 0. The normalized spacial score (nSPS) is 21.6. The lowest BCUT2D eigenvalue weighted by Gasteiger charge is -2.30. The second-order valence-electron chi connectivity index (χ2n) is 5.05. The molecule has 0 aromatic rings. The van der Waals surface area contributed by atoms with E-state index in [0.717, 1.165) is 13.1 Å². The standard InChI is InChI=1S/C9H20N2OS/c1-8(2,3)10-13(12)9(4,5)11-6-7-11/h10H,6-7H2,1-5H3/t13-/m0/s1. The summed E-state index contributed by atoms with van der Waals surface area (Å²) in [6.07, 6.45) is 0. The minimum absolute atomic E-state index is 0.0852. The fraction of sp³-hybridized carbons (Fsp3) is 1.00. The Hall–Kier alpha value is 0.0700. The summed E-state index contributed by atoms with van der Waals surface area (Å²) in [5, 5.41) is 0. The van der Waals surface area contributed by atoms with Gasteiger partial charge in [0.1, 0.15) is 15.9 Å². The highest BCUT2D eigenvalue weighted by Crippen LogP contribution is 2.25. The van der Waals surface area contributed by atoms with Crippen LogP contribution in [0.1, 0.15) is 34.6 Å². The largest absolute Gasteiger partial charge is 0.284 e. The molecule has 1 rings (SSSR count). The van der Waals surface area contributed by atoms with Crippen LogP contribution in [0.15, 0.2) is 0 Å². The van der Waals surface area contributed by atoms with Crippen LogP contribution in [-0.4, -0.2) is 32.6 Å². The first-order valence-corrected chi connectivity index (χ1v) is 5.83. The Morgan fingerprint density at radius 2 is 1.62 bits per heavy atom. The topological polar surface area (TPSA) is 32.1 Å². The van der Waals surface area contributed by atoms with Gasteiger partial charge in [0.05, 0.1) is 0 Å². The van der Waals surface area contributed by atoms with Crippen LogP contribution in [0.4, 0.5) is 0 Å². The first-order chi connectivity index (χ1) is 5.73. The highest BCUT2D eigenvalue weighted by molar-refractivity contribution is 7.84. The zero-order valence-corrected chi connectivity index (χ0v) is 9.99. The molecule has 0 amide bonds. The Morgan fingerprint density at radius 3 is 1.92 bits per heavy atom. The Bertz CT molecular complexity index is 216. The van der Waals surface area contributed by atoms with E-state index in [1.807, 2.05) is 34.6 Å². The predicted octanol–water partition coefficient (Wildman–Crippen LogP) is 1.09. The molecule has 0 aromatic heterocycles. The summed E-state index contributed by atoms with van der Waals surface area (Å²) in [5.41, 5.74) is -0.0852. The highest BCUT2D eigenvalue weighted by atomic mass is 32.2. The number of rotatable bonds is 3. The molecule has 0 spiro atoms. The van der Waals surface area contributed by atoms with Gasteiger partial charge in [-0.05, 0) is 34.6 Å². The van der Waals surface area contributed by atoms with Gasteiger partial charge < -0.3 is 0 Å². The van der Waals surface area contributed by atoms with E-state index in [0.29, 0.717) is 0 Å². The van der Waals surface area contributed by atoms with E-state index in [1.165, 1.54) is 0 Å². The number of nitrogens with zero attached hydrogens (tertiary/aromatic N) is 1. The van der Waals surface area contributed by atoms with Crippen molar-refractivity contribution < 1.29 is 4.21 Å². The van der Waals surface area contributed by atoms with Gasteiger partial charge in [-0.1, -0.05) is 0 Å². The van der Waals surface area contributed by atoms with Gasteiger partial charge in [-0.3, -0.25) is 4.90 Å². The predicted molar refractivity (Wildman–Crippen MR) is 56.7 cm³/mol. The summed E-state index contributed by atoms with van der Waals surface area (Å²) < 4.78 is 15.0. The van der Waals surface area contributed by atoms with E-state index < -0.39 is 11.0 Å². The van der Waals surface area contributed by atoms with Crippen LogP contribution in [0.2, 0.25) is 0 Å². The monoisotopic (exact) mass is 204 g/mol. The van der Waals surface area contributed by atoms with Crippen LogP contribution in [0.5, 0.6) is 0 Å². The summed E-state index contributed by atoms with van der Waals surface area (Å²) in [6.45, 7) is 12.3. The van der Waals surface area contributed by atoms with Gasteiger partial charge >= 0.3 is 0 Å². The maximum Gasteiger partial charge on any atom is 0.112 e. The van der Waals surface area contributed by atoms with Gasteiger partial charge in [-0.25, -0.2) is 8.93 Å². The van der Waals surface area contributed by atoms with Crippen LogP contribution >= 0.6 is 0 Å². The van der Waals surface area contributed by atoms with Crippen LogP contribution in [0.25, 0.3) is 0 Å². The van der Waals surface area contributed by atoms with E-state index in [4.69, 9.17) is 0 Å². The summed E-state index contributed by atoms with van der Waals surface area (Å²) in [7, 11) is -0.992. The number of hydrogen-bond donors (Lipinski definition) is 1. The summed E-state index contributed by atoms with van der Waals surface area (Å²) in [6, 6.07) is 0. The maximum absolute atomic E-state index is 11.9. The lowest BCUT2D eigenvalue weighted by atomic mass is 10.1. The van der Waals surface area contributed by atoms with Crippen molar-refractivity contribution in [2.45, 2.75) is 45.0 Å². The molecule has 78 valence electrons. The fourth-order valence-corrected chi connectivity index (χ4v) is 2.33. The molecule has 1 saturated heterocycles. The lowest BCUT2D eigenvalue weighted by molar-refractivity contribution is 0.388. The van der Waals surface area contributed by atoms with Crippen molar-refractivity contribution in [3.05, 3.63) is 0 Å². The third kappa shape index (κ3) is 3.04. The summed E-state index contributed by atoms with van der Waals surface area (Å²) in [5.74, 6) is 0. The Labute approximate surface area is 83.5 Å². The van der Waals surface area contributed by atoms with Crippen LogP contribution in [0.3, 0.4) is 0 Å². The minimum atomic E-state index is -0.992. The Balaban J connectivity index is 2.56. The zero-order valence-electron chi connectivity index (χ0n) is 9.18. The Morgan fingerprint density at radius 1 is 1.15 bits per heavy atom. The molecule has 0 bridgehead atoms. The third-order valence-electron chi connectivity index (χ3n) is 2.06. The van der Waals surface area contributed by atoms with E-state index in [-0.39, 0.29) is 10.4 Å². The molecule has 0 saturated carbocycles. The van der Waals surface area contributed by atoms with Crippen molar-refractivity contribution in [1.82, 2.24) is 9.62 Å². The molecule has 3 nitrogen and oxygen atoms in total. The highest BCUT2D eigenvalue weighted by Gasteiger charge is 2.40. The van der Waals surface area contributed by atoms with Crippen molar-refractivity contribution >= 4 is 11.0 Å². The molecule has 13 heavy (non-hydrogen) atoms. The molecular weight excluding hydrogens is 184 g/mol. The molecule has 0 radical (unpaired) electrons. The van der Waals surface area contributed by atoms with E-state index >= 15 is 0 Å². The second kappa shape index (κ2) is 3.33. The average Bonchev–Trinajstić information content (AvgIpc) is 2.62. The molecule has 1 atom stereocenters. The average molecular weight is 204 g/mol. The minimum Gasteiger partial charge on any atom is -0.284 e. The SMILES string of the molecule is CC(C)(C)N[S@@](=O)C(C)(C)N1CC1. The molecule has 4 heteroatoms. The lowest BCUT2D eigenvalue weighted by Crippen LogP contribution is -2.48. The van der Waals surface area contributed by atoms with Crippen LogP contribution in [0, 0.1) is 0 Å². The maximum atomic E-state index is 11.9. The smallest absolute Gasteiger partial charge is 0.112 e. The second-order valence-corrected chi connectivity index (χ2v) is 6.80. The van der Waals surface area contributed by atoms with E-state index in [1.54, 1.807) is 0 Å². The van der Waals surface area contributed by atoms with Gasteiger partial charge in [0.25, 0.3) is 0 Å². The molecule has 1 heterocycles. The van der Waals surface area contributed by atoms with E-state index in [9.17, 15) is 4.21 Å². The van der Waals surface area contributed by atoms with E-state index in [2.05, 4.69) is 9.62 Å². The van der Waals surface area contributed by atoms with Crippen molar-refractivity contribution in [2.24, 2.45) is 0 Å². The van der Waals surface area contributed by atoms with Gasteiger partial charge in [0.2, 0.25) is 0 Å². The van der Waals surface area contributed by atoms with Crippen molar-refractivity contribution in [2.75, 3.05) is 13.1 Å². The van der Waals surface area contributed by atoms with Crippen molar-refractivity contribution in [3.63, 3.8) is 0 Å². The molecule has 1 aliphatic heterocycles. The molecule has 1 fully saturated rings. The molecule has 1 aliphatic rings. The first-order valence-electron chi connectivity index (χ1n) is 4.68. The van der Waals surface area contributed by atoms with Crippen molar-refractivity contribution in [1.29, 1.82) is 0 Å². The molecule has 0 unspecified atom stereocenters. The zero-order chi connectivity index (χ0) is 10.3. The fourth-order valence-electron chi connectivity index (χ4n) is 1.11. The number of hydrogen-bond acceptors (Lipinski definition) is 2. The van der Waals surface area contributed by atoms with Gasteiger partial charge in [0.15, 0.2) is 0 Å². The molecular formula is C9H20N2OS. The van der Waals surface area contributed by atoms with Crippen molar-refractivity contribution in [3.8, 4) is 0 Å². The third-order valence-corrected chi connectivity index (χ3v) is 4.02. The van der Waals surface area contributed by atoms with Gasteiger partial charge in [-0.15, -0.1) is 0 Å². The van der Waals surface area contributed by atoms with Crippen LogP contribution in [-0.2, 0) is 11.0 Å². The summed E-state index contributed by atoms with van der Waals surface area (Å²) in [4.78, 5) is 1.98. The van der Waals surface area contributed by atoms with Crippen LogP contribution < -0.4 is 4.72 Å².